The monoisotopic (exact) mass is 587 g/mol. The second-order valence-corrected chi connectivity index (χ2v) is 14.8. The summed E-state index contributed by atoms with van der Waals surface area (Å²) in [6, 6.07) is 19.4. The molecule has 42 heavy (non-hydrogen) atoms. The van der Waals surface area contributed by atoms with Crippen LogP contribution in [0, 0.1) is 16.6 Å². The van der Waals surface area contributed by atoms with Crippen LogP contribution in [0.3, 0.4) is 0 Å². The van der Waals surface area contributed by atoms with Crippen LogP contribution in [0.1, 0.15) is 56.0 Å². The van der Waals surface area contributed by atoms with Crippen LogP contribution in [0.15, 0.2) is 83.9 Å². The van der Waals surface area contributed by atoms with Gasteiger partial charge in [-0.2, -0.15) is 4.31 Å². The van der Waals surface area contributed by atoms with Gasteiger partial charge in [-0.1, -0.05) is 57.2 Å². The number of aromatic nitrogens is 1. The highest BCUT2D eigenvalue weighted by molar-refractivity contribution is 7.89. The number of ketones is 1. The van der Waals surface area contributed by atoms with E-state index in [9.17, 15) is 22.4 Å². The van der Waals surface area contributed by atoms with Gasteiger partial charge in [0.25, 0.3) is 11.7 Å². The van der Waals surface area contributed by atoms with Crippen LogP contribution in [0.5, 0.6) is 0 Å². The number of carbonyl (C=O) groups is 2. The average Bonchev–Trinajstić information content (AvgIpc) is 3.43. The maximum Gasteiger partial charge on any atom is 0.296 e. The molecule has 218 valence electrons. The Bertz CT molecular complexity index is 1810. The summed E-state index contributed by atoms with van der Waals surface area (Å²) in [4.78, 5) is 26.6. The minimum absolute atomic E-state index is 0.0594. The van der Waals surface area contributed by atoms with Gasteiger partial charge >= 0.3 is 0 Å². The molecule has 3 aromatic carbocycles. The van der Waals surface area contributed by atoms with Crippen LogP contribution < -0.4 is 5.32 Å². The maximum absolute atomic E-state index is 13.8. The number of nitrogens with zero attached hydrogens (tertiary/aromatic N) is 2. The number of rotatable bonds is 7. The first kappa shape index (κ1) is 28.3. The lowest BCUT2D eigenvalue weighted by Crippen LogP contribution is -2.37. The van der Waals surface area contributed by atoms with E-state index >= 15 is 0 Å². The molecular weight excluding hydrogens is 553 g/mol. The van der Waals surface area contributed by atoms with Gasteiger partial charge < -0.3 is 9.88 Å². The van der Waals surface area contributed by atoms with Gasteiger partial charge in [0.15, 0.2) is 0 Å². The predicted molar refractivity (Wildman–Crippen MR) is 160 cm³/mol. The highest BCUT2D eigenvalue weighted by Gasteiger charge is 2.53. The summed E-state index contributed by atoms with van der Waals surface area (Å²) in [5.74, 6) is -1.93. The summed E-state index contributed by atoms with van der Waals surface area (Å²) < 4.78 is 44.4. The number of para-hydroxylation sites is 1. The Kier molecular flexibility index (Phi) is 6.85. The third-order valence-electron chi connectivity index (χ3n) is 8.57. The summed E-state index contributed by atoms with van der Waals surface area (Å²) in [6.07, 6.45) is 4.25. The molecule has 1 saturated heterocycles. The van der Waals surface area contributed by atoms with E-state index < -0.39 is 21.7 Å². The molecule has 2 bridgehead atoms. The fourth-order valence-corrected chi connectivity index (χ4v) is 9.03. The first-order chi connectivity index (χ1) is 19.8. The van der Waals surface area contributed by atoms with E-state index in [1.165, 1.54) is 24.3 Å². The van der Waals surface area contributed by atoms with Crippen molar-refractivity contribution in [2.24, 2.45) is 10.8 Å². The number of Topliss-reactive ketones (excluding diaryl/α,β-unsaturated/α-hetero) is 1. The molecule has 7 nitrogen and oxygen atoms in total. The van der Waals surface area contributed by atoms with Crippen molar-refractivity contribution in [3.63, 3.8) is 0 Å². The Morgan fingerprint density at radius 3 is 2.48 bits per heavy atom. The molecule has 2 heterocycles. The third kappa shape index (κ3) is 5.27. The smallest absolute Gasteiger partial charge is 0.296 e. The molecule has 9 heteroatoms. The minimum atomic E-state index is -3.80. The molecule has 1 aromatic heterocycles. The molecular formula is C33H34FN3O4S. The first-order valence-corrected chi connectivity index (χ1v) is 15.6. The zero-order valence-electron chi connectivity index (χ0n) is 23.9. The number of sulfonamides is 1. The number of nitrogens with one attached hydrogen (secondary N) is 1. The van der Waals surface area contributed by atoms with Gasteiger partial charge in [0, 0.05) is 41.9 Å². The van der Waals surface area contributed by atoms with Gasteiger partial charge in [0.05, 0.1) is 10.5 Å². The van der Waals surface area contributed by atoms with Gasteiger partial charge in [-0.15, -0.1) is 0 Å². The average molecular weight is 588 g/mol. The number of halogens is 1. The lowest BCUT2D eigenvalue weighted by molar-refractivity contribution is -0.112. The van der Waals surface area contributed by atoms with Crippen LogP contribution in [-0.2, 0) is 21.4 Å². The zero-order chi connectivity index (χ0) is 29.9. The molecule has 2 fully saturated rings. The number of hydrogen-bond donors (Lipinski definition) is 1. The maximum atomic E-state index is 13.8. The van der Waals surface area contributed by atoms with Gasteiger partial charge in [0.2, 0.25) is 10.0 Å². The van der Waals surface area contributed by atoms with Gasteiger partial charge in [-0.3, -0.25) is 9.59 Å². The SMILES string of the molecule is CC1(C)C[C@@H]2C[C@@](C)(CN2S(=O)(=O)c2cccc(NC(=O)C(=O)c3cn(Cc4ccc(F)cc4)c4ccccc34)c2)C1. The van der Waals surface area contributed by atoms with Crippen LogP contribution in [0.4, 0.5) is 10.1 Å². The zero-order valence-corrected chi connectivity index (χ0v) is 24.7. The molecule has 1 aliphatic heterocycles. The van der Waals surface area contributed by atoms with Crippen molar-refractivity contribution in [3.8, 4) is 0 Å². The summed E-state index contributed by atoms with van der Waals surface area (Å²) in [5.41, 5.74) is 2.08. The molecule has 1 aliphatic carbocycles. The predicted octanol–water partition coefficient (Wildman–Crippen LogP) is 6.24. The van der Waals surface area contributed by atoms with E-state index in [1.807, 2.05) is 16.7 Å². The largest absolute Gasteiger partial charge is 0.342 e. The van der Waals surface area contributed by atoms with E-state index in [1.54, 1.807) is 46.9 Å². The van der Waals surface area contributed by atoms with Crippen molar-refractivity contribution in [2.75, 3.05) is 11.9 Å². The molecule has 0 radical (unpaired) electrons. The number of carbonyl (C=O) groups excluding carboxylic acids is 2. The lowest BCUT2D eigenvalue weighted by atomic mass is 9.65. The highest BCUT2D eigenvalue weighted by atomic mass is 32.2. The van der Waals surface area contributed by atoms with Crippen LogP contribution in [0.2, 0.25) is 0 Å². The van der Waals surface area contributed by atoms with Crippen molar-refractivity contribution < 1.29 is 22.4 Å². The summed E-state index contributed by atoms with van der Waals surface area (Å²) in [5, 5.41) is 3.24. The quantitative estimate of drug-likeness (QED) is 0.205. The van der Waals surface area contributed by atoms with Crippen molar-refractivity contribution in [1.29, 1.82) is 0 Å². The first-order valence-electron chi connectivity index (χ1n) is 14.1. The minimum Gasteiger partial charge on any atom is -0.342 e. The normalized spacial score (nSPS) is 21.9. The molecule has 1 N–H and O–H groups in total. The summed E-state index contributed by atoms with van der Waals surface area (Å²) in [6.45, 7) is 7.42. The Morgan fingerprint density at radius 2 is 1.71 bits per heavy atom. The van der Waals surface area contributed by atoms with Crippen molar-refractivity contribution >= 4 is 38.3 Å². The van der Waals surface area contributed by atoms with Crippen molar-refractivity contribution in [2.45, 2.75) is 57.5 Å². The number of amides is 1. The van der Waals surface area contributed by atoms with Crippen molar-refractivity contribution in [3.05, 3.63) is 95.9 Å². The van der Waals surface area contributed by atoms with Gasteiger partial charge in [0.1, 0.15) is 5.82 Å². The standard InChI is InChI=1S/C33H34FN3O4S/c1-32(2)16-25-17-33(3,20-32)21-37(25)42(40,41)26-8-6-7-24(15-26)35-31(39)30(38)28-19-36(29-10-5-4-9-27(28)29)18-22-11-13-23(34)14-12-22/h4-15,19,25H,16-18,20-21H2,1-3H3,(H,35,39)/t25-,33-/m1/s1. The Labute approximate surface area is 245 Å². The lowest BCUT2D eigenvalue weighted by Gasteiger charge is -2.39. The van der Waals surface area contributed by atoms with E-state index in [2.05, 4.69) is 26.1 Å². The topological polar surface area (TPSA) is 88.5 Å². The second-order valence-electron chi connectivity index (χ2n) is 12.9. The molecule has 0 spiro atoms. The second kappa shape index (κ2) is 10.2. The molecule has 0 unspecified atom stereocenters. The number of anilines is 1. The Morgan fingerprint density at radius 1 is 0.976 bits per heavy atom. The van der Waals surface area contributed by atoms with Crippen molar-refractivity contribution in [1.82, 2.24) is 8.87 Å². The number of hydrogen-bond acceptors (Lipinski definition) is 4. The molecule has 1 amide bonds. The highest BCUT2D eigenvalue weighted by Crippen LogP contribution is 2.53. The number of benzene rings is 3. The molecule has 2 aliphatic rings. The summed E-state index contributed by atoms with van der Waals surface area (Å²) >= 11 is 0. The molecule has 4 aromatic rings. The van der Waals surface area contributed by atoms with Crippen LogP contribution in [-0.4, -0.2) is 41.6 Å². The van der Waals surface area contributed by atoms with Crippen LogP contribution in [0.25, 0.3) is 10.9 Å². The van der Waals surface area contributed by atoms with E-state index in [4.69, 9.17) is 0 Å². The van der Waals surface area contributed by atoms with Gasteiger partial charge in [-0.05, 0) is 72.1 Å². The molecule has 1 saturated carbocycles. The van der Waals surface area contributed by atoms with E-state index in [0.29, 0.717) is 18.5 Å². The molecule has 6 rings (SSSR count). The Balaban J connectivity index is 1.23. The van der Waals surface area contributed by atoms with Crippen LogP contribution >= 0.6 is 0 Å². The number of fused-ring (bicyclic) bond motifs is 3. The fourth-order valence-electron chi connectivity index (χ4n) is 7.21. The van der Waals surface area contributed by atoms with Gasteiger partial charge in [-0.25, -0.2) is 12.8 Å². The Hall–Kier alpha value is -3.82. The summed E-state index contributed by atoms with van der Waals surface area (Å²) in [7, 11) is -3.80. The third-order valence-corrected chi connectivity index (χ3v) is 10.5. The van der Waals surface area contributed by atoms with E-state index in [0.717, 1.165) is 30.3 Å². The molecule has 2 atom stereocenters. The fraction of sp³-hybridized carbons (Fsp3) is 0.333. The van der Waals surface area contributed by atoms with E-state index in [-0.39, 0.29) is 38.8 Å².